The van der Waals surface area contributed by atoms with E-state index in [1.54, 1.807) is 0 Å². The van der Waals surface area contributed by atoms with E-state index in [1.165, 1.54) is 36.2 Å². The van der Waals surface area contributed by atoms with Crippen molar-refractivity contribution in [2.45, 2.75) is 12.5 Å². The number of aliphatic hydroxyl groups is 1. The molecule has 20 heavy (non-hydrogen) atoms. The maximum absolute atomic E-state index is 12.1. The van der Waals surface area contributed by atoms with Crippen LogP contribution in [0.25, 0.3) is 0 Å². The van der Waals surface area contributed by atoms with Gasteiger partial charge in [0.1, 0.15) is 18.5 Å². The fraction of sp³-hybridized carbons (Fsp3) is 0.500. The second-order valence-electron chi connectivity index (χ2n) is 4.33. The first-order valence-electron chi connectivity index (χ1n) is 5.90. The molecule has 1 atom stereocenters. The summed E-state index contributed by atoms with van der Waals surface area (Å²) in [5, 5.41) is 20.2. The number of hydrogen-bond donors (Lipinski definition) is 1. The Balaban J connectivity index is 2.42. The van der Waals surface area contributed by atoms with Crippen molar-refractivity contribution in [3.63, 3.8) is 0 Å². The molecular weight excluding hydrogens is 274 g/mol. The van der Waals surface area contributed by atoms with Crippen LogP contribution in [0.2, 0.25) is 0 Å². The maximum Gasteiger partial charge on any atom is 0.273 e. The molecule has 0 saturated carbocycles. The van der Waals surface area contributed by atoms with Gasteiger partial charge in [-0.05, 0) is 13.1 Å². The lowest BCUT2D eigenvalue weighted by Crippen LogP contribution is -2.35. The number of alkyl halides is 2. The normalized spacial score (nSPS) is 12.7. The first-order valence-corrected chi connectivity index (χ1v) is 5.90. The van der Waals surface area contributed by atoms with E-state index in [-0.39, 0.29) is 24.6 Å². The minimum absolute atomic E-state index is 0.0271. The van der Waals surface area contributed by atoms with Crippen LogP contribution in [-0.2, 0) is 0 Å². The Kier molecular flexibility index (Phi) is 6.26. The molecule has 0 amide bonds. The third-order valence-corrected chi connectivity index (χ3v) is 2.44. The van der Waals surface area contributed by atoms with Crippen molar-refractivity contribution in [3.05, 3.63) is 34.4 Å². The van der Waals surface area contributed by atoms with Gasteiger partial charge in [0.05, 0.1) is 17.5 Å². The van der Waals surface area contributed by atoms with Crippen LogP contribution in [0.4, 0.5) is 14.5 Å². The summed E-state index contributed by atoms with van der Waals surface area (Å²) in [6.45, 7) is -0.540. The lowest BCUT2D eigenvalue weighted by atomic mass is 10.3. The Bertz CT molecular complexity index is 445. The van der Waals surface area contributed by atoms with Gasteiger partial charge in [0.15, 0.2) is 0 Å². The molecule has 1 rings (SSSR count). The minimum atomic E-state index is -2.47. The van der Waals surface area contributed by atoms with Gasteiger partial charge in [0.25, 0.3) is 12.1 Å². The van der Waals surface area contributed by atoms with Crippen molar-refractivity contribution in [1.82, 2.24) is 4.90 Å². The lowest BCUT2D eigenvalue weighted by molar-refractivity contribution is -0.384. The topological polar surface area (TPSA) is 75.8 Å². The fourth-order valence-electron chi connectivity index (χ4n) is 1.60. The van der Waals surface area contributed by atoms with Crippen molar-refractivity contribution in [2.75, 3.05) is 26.7 Å². The van der Waals surface area contributed by atoms with Crippen molar-refractivity contribution < 1.29 is 23.5 Å². The Morgan fingerprint density at radius 3 is 2.75 bits per heavy atom. The summed E-state index contributed by atoms with van der Waals surface area (Å²) < 4.78 is 29.4. The smallest absolute Gasteiger partial charge is 0.273 e. The molecule has 0 aliphatic rings. The third-order valence-electron chi connectivity index (χ3n) is 2.44. The molecule has 0 aliphatic heterocycles. The van der Waals surface area contributed by atoms with Crippen LogP contribution in [0, 0.1) is 10.1 Å². The zero-order valence-electron chi connectivity index (χ0n) is 10.9. The number of non-ortho nitro benzene ring substituents is 1. The lowest BCUT2D eigenvalue weighted by Gasteiger charge is -2.20. The van der Waals surface area contributed by atoms with E-state index >= 15 is 0 Å². The van der Waals surface area contributed by atoms with E-state index in [0.717, 1.165) is 0 Å². The third kappa shape index (κ3) is 5.89. The van der Waals surface area contributed by atoms with Gasteiger partial charge in [-0.25, -0.2) is 8.78 Å². The number of benzene rings is 1. The predicted octanol–water partition coefficient (Wildman–Crippen LogP) is 1.53. The van der Waals surface area contributed by atoms with Crippen molar-refractivity contribution in [1.29, 1.82) is 0 Å². The quantitative estimate of drug-likeness (QED) is 0.580. The molecule has 6 nitrogen and oxygen atoms in total. The summed E-state index contributed by atoms with van der Waals surface area (Å²) in [4.78, 5) is 11.3. The van der Waals surface area contributed by atoms with E-state index in [0.29, 0.717) is 0 Å². The number of nitro groups is 1. The zero-order valence-corrected chi connectivity index (χ0v) is 10.9. The average molecular weight is 290 g/mol. The molecule has 0 aromatic heterocycles. The summed E-state index contributed by atoms with van der Waals surface area (Å²) in [6.07, 6.45) is -3.43. The minimum Gasteiger partial charge on any atom is -0.491 e. The second-order valence-corrected chi connectivity index (χ2v) is 4.33. The van der Waals surface area contributed by atoms with Gasteiger partial charge in [-0.15, -0.1) is 0 Å². The number of hydrogen-bond acceptors (Lipinski definition) is 5. The number of likely N-dealkylation sites (N-methyl/N-ethyl adjacent to an activating group) is 1. The van der Waals surface area contributed by atoms with Crippen LogP contribution in [0.1, 0.15) is 0 Å². The van der Waals surface area contributed by atoms with E-state index in [9.17, 15) is 24.0 Å². The summed E-state index contributed by atoms with van der Waals surface area (Å²) in [5.41, 5.74) is -0.119. The maximum atomic E-state index is 12.1. The Hall–Kier alpha value is -1.80. The number of nitrogens with zero attached hydrogens (tertiary/aromatic N) is 2. The average Bonchev–Trinajstić information content (AvgIpc) is 2.35. The SMILES string of the molecule is CN(CC(F)F)CC(O)COc1cccc([N+](=O)[O-])c1. The molecule has 0 radical (unpaired) electrons. The number of ether oxygens (including phenoxy) is 1. The largest absolute Gasteiger partial charge is 0.491 e. The number of aliphatic hydroxyl groups excluding tert-OH is 1. The molecule has 112 valence electrons. The molecule has 0 spiro atoms. The Morgan fingerprint density at radius 2 is 2.15 bits per heavy atom. The standard InChI is InChI=1S/C12H16F2N2O4/c1-15(7-12(13)14)6-10(17)8-20-11-4-2-3-9(5-11)16(18)19/h2-5,10,12,17H,6-8H2,1H3. The molecule has 0 heterocycles. The number of rotatable bonds is 8. The molecule has 0 aliphatic carbocycles. The molecule has 1 aromatic rings. The second kappa shape index (κ2) is 7.71. The van der Waals surface area contributed by atoms with Crippen molar-refractivity contribution in [2.24, 2.45) is 0 Å². The highest BCUT2D eigenvalue weighted by Crippen LogP contribution is 2.19. The van der Waals surface area contributed by atoms with E-state index in [1.807, 2.05) is 0 Å². The van der Waals surface area contributed by atoms with Gasteiger partial charge in [0, 0.05) is 12.6 Å². The van der Waals surface area contributed by atoms with Crippen LogP contribution in [0.15, 0.2) is 24.3 Å². The van der Waals surface area contributed by atoms with Crippen molar-refractivity contribution >= 4 is 5.69 Å². The van der Waals surface area contributed by atoms with Gasteiger partial charge >= 0.3 is 0 Å². The van der Waals surface area contributed by atoms with Crippen LogP contribution in [-0.4, -0.2) is 54.2 Å². The highest BCUT2D eigenvalue weighted by molar-refractivity contribution is 5.37. The molecule has 1 unspecified atom stereocenters. The molecule has 1 aromatic carbocycles. The number of nitro benzene ring substituents is 1. The van der Waals surface area contributed by atoms with Gasteiger partial charge in [0.2, 0.25) is 0 Å². The van der Waals surface area contributed by atoms with Crippen LogP contribution >= 0.6 is 0 Å². The van der Waals surface area contributed by atoms with E-state index in [4.69, 9.17) is 4.74 Å². The van der Waals surface area contributed by atoms with Gasteiger partial charge in [-0.1, -0.05) is 6.07 Å². The summed E-state index contributed by atoms with van der Waals surface area (Å²) in [7, 11) is 1.46. The first kappa shape index (κ1) is 16.3. The van der Waals surface area contributed by atoms with E-state index in [2.05, 4.69) is 0 Å². The van der Waals surface area contributed by atoms with Crippen molar-refractivity contribution in [3.8, 4) is 5.75 Å². The van der Waals surface area contributed by atoms with Crippen LogP contribution in [0.3, 0.4) is 0 Å². The summed E-state index contributed by atoms with van der Waals surface area (Å²) in [5.74, 6) is 0.245. The molecule has 8 heteroatoms. The Morgan fingerprint density at radius 1 is 1.45 bits per heavy atom. The van der Waals surface area contributed by atoms with Gasteiger partial charge in [-0.3, -0.25) is 15.0 Å². The molecular formula is C12H16F2N2O4. The summed E-state index contributed by atoms with van der Waals surface area (Å²) >= 11 is 0. The molecule has 0 bridgehead atoms. The van der Waals surface area contributed by atoms with Gasteiger partial charge in [-0.2, -0.15) is 0 Å². The molecule has 0 fully saturated rings. The molecule has 0 saturated heterocycles. The Labute approximate surface area is 114 Å². The van der Waals surface area contributed by atoms with Crippen LogP contribution in [0.5, 0.6) is 5.75 Å². The number of halogens is 2. The summed E-state index contributed by atoms with van der Waals surface area (Å²) in [6, 6.07) is 5.53. The highest BCUT2D eigenvalue weighted by atomic mass is 19.3. The highest BCUT2D eigenvalue weighted by Gasteiger charge is 2.13. The monoisotopic (exact) mass is 290 g/mol. The zero-order chi connectivity index (χ0) is 15.1. The molecule has 1 N–H and O–H groups in total. The predicted molar refractivity (Wildman–Crippen MR) is 68.1 cm³/mol. The van der Waals surface area contributed by atoms with Gasteiger partial charge < -0.3 is 9.84 Å². The first-order chi connectivity index (χ1) is 9.38. The van der Waals surface area contributed by atoms with Crippen LogP contribution < -0.4 is 4.74 Å². The van der Waals surface area contributed by atoms with E-state index < -0.39 is 24.0 Å². The fourth-order valence-corrected chi connectivity index (χ4v) is 1.60.